The van der Waals surface area contributed by atoms with Crippen molar-refractivity contribution in [2.75, 3.05) is 0 Å². The van der Waals surface area contributed by atoms with Crippen molar-refractivity contribution < 1.29 is 27.8 Å². The van der Waals surface area contributed by atoms with Crippen LogP contribution >= 0.6 is 23.4 Å². The van der Waals surface area contributed by atoms with Crippen molar-refractivity contribution in [3.8, 4) is 11.5 Å². The minimum atomic E-state index is -4.71. The van der Waals surface area contributed by atoms with Crippen molar-refractivity contribution in [2.45, 2.75) is 17.9 Å². The molecule has 1 amide bonds. The minimum absolute atomic E-state index is 0.0727. The van der Waals surface area contributed by atoms with E-state index in [0.29, 0.717) is 11.5 Å². The maximum atomic E-state index is 12.3. The number of phenolic OH excluding ortho intramolecular Hbond substituents is 1. The van der Waals surface area contributed by atoms with E-state index in [1.165, 1.54) is 30.3 Å². The summed E-state index contributed by atoms with van der Waals surface area (Å²) >= 11 is 7.49. The van der Waals surface area contributed by atoms with Crippen molar-refractivity contribution >= 4 is 46.3 Å². The molecule has 0 fully saturated rings. The molecule has 0 aromatic heterocycles. The molecule has 0 aliphatic carbocycles. The lowest BCUT2D eigenvalue weighted by atomic mass is 10.0. The summed E-state index contributed by atoms with van der Waals surface area (Å²) in [6, 6.07) is 21.7. The number of rotatable bonds is 8. The molecule has 0 radical (unpaired) electrons. The Morgan fingerprint density at radius 2 is 1.73 bits per heavy atom. The van der Waals surface area contributed by atoms with Crippen LogP contribution in [0.3, 0.4) is 0 Å². The number of ether oxygens (including phenoxy) is 1. The Balaban J connectivity index is 1.40. The predicted octanol–water partition coefficient (Wildman–Crippen LogP) is 7.29. The monoisotopic (exact) mass is 544 g/mol. The van der Waals surface area contributed by atoms with Gasteiger partial charge in [-0.05, 0) is 52.2 Å². The minimum Gasteiger partial charge on any atom is -0.506 e. The number of phenols is 1. The molecule has 0 aliphatic rings. The quantitative estimate of drug-likeness (QED) is 0.180. The fourth-order valence-corrected chi connectivity index (χ4v) is 4.74. The SMILES string of the molecule is O=C(N/N=C/c1ccc(CSCc2ccc(OC(F)(F)F)cc2)c2ccccc12)c1ccc(O)c(Cl)c1. The standard InChI is InChI=1S/C27H20ClF3N2O3S/c28-24-13-18(9-12-25(24)34)26(35)33-32-14-19-7-8-20(23-4-2-1-3-22(19)23)16-37-15-17-5-10-21(11-6-17)36-27(29,30)31/h1-14,34H,15-16H2,(H,33,35)/b32-14+. The van der Waals surface area contributed by atoms with E-state index in [4.69, 9.17) is 11.6 Å². The molecule has 4 aromatic rings. The van der Waals surface area contributed by atoms with Gasteiger partial charge < -0.3 is 9.84 Å². The average Bonchev–Trinajstić information content (AvgIpc) is 2.86. The number of carbonyl (C=O) groups excluding carboxylic acids is 1. The first-order valence-electron chi connectivity index (χ1n) is 10.9. The van der Waals surface area contributed by atoms with Gasteiger partial charge in [-0.3, -0.25) is 4.79 Å². The normalized spacial score (nSPS) is 11.7. The van der Waals surface area contributed by atoms with Crippen molar-refractivity contribution in [2.24, 2.45) is 5.10 Å². The second-order valence-corrected chi connectivity index (χ2v) is 9.30. The van der Waals surface area contributed by atoms with Gasteiger partial charge in [0, 0.05) is 22.6 Å². The molecular weight excluding hydrogens is 525 g/mol. The first-order valence-corrected chi connectivity index (χ1v) is 12.5. The number of carbonyl (C=O) groups is 1. The Morgan fingerprint density at radius 3 is 2.43 bits per heavy atom. The van der Waals surface area contributed by atoms with Crippen LogP contribution in [0.5, 0.6) is 11.5 Å². The third kappa shape index (κ3) is 7.18. The van der Waals surface area contributed by atoms with Gasteiger partial charge in [-0.25, -0.2) is 5.43 Å². The number of fused-ring (bicyclic) bond motifs is 1. The molecular formula is C27H20ClF3N2O3S. The zero-order valence-electron chi connectivity index (χ0n) is 19.1. The lowest BCUT2D eigenvalue weighted by Crippen LogP contribution is -2.17. The topological polar surface area (TPSA) is 70.9 Å². The Kier molecular flexibility index (Phi) is 8.25. The summed E-state index contributed by atoms with van der Waals surface area (Å²) in [5.41, 5.74) is 5.52. The number of thioether (sulfide) groups is 1. The molecule has 4 rings (SSSR count). The largest absolute Gasteiger partial charge is 0.573 e. The summed E-state index contributed by atoms with van der Waals surface area (Å²) in [5.74, 6) is 0.495. The average molecular weight is 545 g/mol. The highest BCUT2D eigenvalue weighted by atomic mass is 35.5. The number of halogens is 4. The van der Waals surface area contributed by atoms with Crippen LogP contribution in [0, 0.1) is 0 Å². The summed E-state index contributed by atoms with van der Waals surface area (Å²) in [5, 5.41) is 15.6. The van der Waals surface area contributed by atoms with Crippen LogP contribution < -0.4 is 10.2 Å². The van der Waals surface area contributed by atoms with E-state index >= 15 is 0 Å². The molecule has 10 heteroatoms. The molecule has 0 aliphatic heterocycles. The van der Waals surface area contributed by atoms with Crippen LogP contribution in [-0.4, -0.2) is 23.6 Å². The molecule has 0 saturated heterocycles. The van der Waals surface area contributed by atoms with Crippen molar-refractivity contribution in [1.82, 2.24) is 5.43 Å². The Labute approximate surface area is 219 Å². The van der Waals surface area contributed by atoms with Crippen LogP contribution in [0.4, 0.5) is 13.2 Å². The molecule has 2 N–H and O–H groups in total. The molecule has 0 saturated carbocycles. The van der Waals surface area contributed by atoms with Crippen LogP contribution in [0.25, 0.3) is 10.8 Å². The first kappa shape index (κ1) is 26.4. The smallest absolute Gasteiger partial charge is 0.506 e. The Hall–Kier alpha value is -3.69. The van der Waals surface area contributed by atoms with E-state index in [1.807, 2.05) is 36.4 Å². The third-order valence-corrected chi connectivity index (χ3v) is 6.67. The van der Waals surface area contributed by atoms with Gasteiger partial charge in [0.2, 0.25) is 0 Å². The molecule has 37 heavy (non-hydrogen) atoms. The van der Waals surface area contributed by atoms with E-state index in [0.717, 1.165) is 27.5 Å². The number of nitrogens with one attached hydrogen (secondary N) is 1. The molecule has 0 unspecified atom stereocenters. The van der Waals surface area contributed by atoms with Gasteiger partial charge in [0.05, 0.1) is 11.2 Å². The molecule has 0 bridgehead atoms. The Bertz CT molecular complexity index is 1440. The van der Waals surface area contributed by atoms with Crippen LogP contribution in [0.1, 0.15) is 27.0 Å². The highest BCUT2D eigenvalue weighted by Crippen LogP contribution is 2.28. The summed E-state index contributed by atoms with van der Waals surface area (Å²) in [7, 11) is 0. The van der Waals surface area contributed by atoms with Crippen molar-refractivity contribution in [3.63, 3.8) is 0 Å². The van der Waals surface area contributed by atoms with Crippen LogP contribution in [0.2, 0.25) is 5.02 Å². The van der Waals surface area contributed by atoms with Gasteiger partial charge in [-0.1, -0.05) is 60.1 Å². The molecule has 0 atom stereocenters. The number of alkyl halides is 3. The highest BCUT2D eigenvalue weighted by molar-refractivity contribution is 7.97. The van der Waals surface area contributed by atoms with Gasteiger partial charge in [0.1, 0.15) is 11.5 Å². The second-order valence-electron chi connectivity index (χ2n) is 7.91. The first-order chi connectivity index (χ1) is 17.7. The molecule has 5 nitrogen and oxygen atoms in total. The zero-order valence-corrected chi connectivity index (χ0v) is 20.7. The number of hydrazone groups is 1. The number of aromatic hydroxyl groups is 1. The van der Waals surface area contributed by atoms with Crippen molar-refractivity contribution in [3.05, 3.63) is 106 Å². The Morgan fingerprint density at radius 1 is 1.00 bits per heavy atom. The van der Waals surface area contributed by atoms with Gasteiger partial charge in [-0.15, -0.1) is 13.2 Å². The van der Waals surface area contributed by atoms with E-state index in [9.17, 15) is 23.1 Å². The van der Waals surface area contributed by atoms with Gasteiger partial charge in [0.25, 0.3) is 5.91 Å². The third-order valence-electron chi connectivity index (χ3n) is 5.31. The van der Waals surface area contributed by atoms with Gasteiger partial charge >= 0.3 is 6.36 Å². The maximum Gasteiger partial charge on any atom is 0.573 e. The van der Waals surface area contributed by atoms with Crippen LogP contribution in [-0.2, 0) is 11.5 Å². The van der Waals surface area contributed by atoms with E-state index < -0.39 is 12.3 Å². The second kappa shape index (κ2) is 11.6. The summed E-state index contributed by atoms with van der Waals surface area (Å²) < 4.78 is 40.9. The lowest BCUT2D eigenvalue weighted by molar-refractivity contribution is -0.274. The van der Waals surface area contributed by atoms with Gasteiger partial charge in [-0.2, -0.15) is 16.9 Å². The number of hydrogen-bond acceptors (Lipinski definition) is 5. The van der Waals surface area contributed by atoms with E-state index in [-0.39, 0.29) is 22.1 Å². The fraction of sp³-hybridized carbons (Fsp3) is 0.111. The fourth-order valence-electron chi connectivity index (χ4n) is 3.56. The number of hydrogen-bond donors (Lipinski definition) is 2. The molecule has 0 spiro atoms. The van der Waals surface area contributed by atoms with Crippen molar-refractivity contribution in [1.29, 1.82) is 0 Å². The molecule has 190 valence electrons. The summed E-state index contributed by atoms with van der Waals surface area (Å²) in [6.45, 7) is 0. The lowest BCUT2D eigenvalue weighted by Gasteiger charge is -2.10. The van der Waals surface area contributed by atoms with E-state index in [1.54, 1.807) is 30.1 Å². The summed E-state index contributed by atoms with van der Waals surface area (Å²) in [4.78, 5) is 12.3. The molecule has 4 aromatic carbocycles. The predicted molar refractivity (Wildman–Crippen MR) is 140 cm³/mol. The number of nitrogens with zero attached hydrogens (tertiary/aromatic N) is 1. The molecule has 0 heterocycles. The van der Waals surface area contributed by atoms with E-state index in [2.05, 4.69) is 15.3 Å². The highest BCUT2D eigenvalue weighted by Gasteiger charge is 2.30. The zero-order chi connectivity index (χ0) is 26.4. The maximum absolute atomic E-state index is 12.3. The number of benzene rings is 4. The van der Waals surface area contributed by atoms with Crippen LogP contribution in [0.15, 0.2) is 84.0 Å². The summed E-state index contributed by atoms with van der Waals surface area (Å²) in [6.07, 6.45) is -3.15. The number of amides is 1. The van der Waals surface area contributed by atoms with Gasteiger partial charge in [0.15, 0.2) is 0 Å².